The molecule has 7 nitrogen and oxygen atoms in total. The molecular formula is C28H29ClN2O5. The highest BCUT2D eigenvalue weighted by atomic mass is 35.5. The van der Waals surface area contributed by atoms with E-state index in [0.29, 0.717) is 28.6 Å². The number of ether oxygens (including phenoxy) is 2. The van der Waals surface area contributed by atoms with Gasteiger partial charge in [-0.15, -0.1) is 0 Å². The first-order valence-corrected chi connectivity index (χ1v) is 11.9. The Morgan fingerprint density at radius 1 is 0.750 bits per heavy atom. The van der Waals surface area contributed by atoms with Crippen molar-refractivity contribution in [1.29, 1.82) is 0 Å². The molecule has 0 atom stereocenters. The Hall–Kier alpha value is -3.84. The maximum Gasteiger partial charge on any atom is 0.306 e. The fraction of sp³-hybridized carbons (Fsp3) is 0.250. The van der Waals surface area contributed by atoms with E-state index in [9.17, 15) is 14.4 Å². The first kappa shape index (κ1) is 26.8. The number of halogens is 1. The molecule has 0 unspecified atom stereocenters. The van der Waals surface area contributed by atoms with Gasteiger partial charge in [-0.05, 0) is 92.4 Å². The van der Waals surface area contributed by atoms with Crippen LogP contribution in [0.25, 0.3) is 0 Å². The molecule has 3 aromatic rings. The van der Waals surface area contributed by atoms with E-state index in [2.05, 4.69) is 16.7 Å². The zero-order valence-corrected chi connectivity index (χ0v) is 21.3. The summed E-state index contributed by atoms with van der Waals surface area (Å²) in [4.78, 5) is 36.0. The number of hydrogen-bond acceptors (Lipinski definition) is 5. The van der Waals surface area contributed by atoms with Crippen molar-refractivity contribution in [2.45, 2.75) is 40.0 Å². The average molecular weight is 509 g/mol. The summed E-state index contributed by atoms with van der Waals surface area (Å²) < 4.78 is 10.9. The molecule has 0 bridgehead atoms. The van der Waals surface area contributed by atoms with Crippen LogP contribution in [0.1, 0.15) is 36.0 Å². The van der Waals surface area contributed by atoms with E-state index in [-0.39, 0.29) is 18.7 Å². The van der Waals surface area contributed by atoms with Gasteiger partial charge in [-0.1, -0.05) is 23.7 Å². The number of aryl methyl sites for hydroxylation is 3. The molecule has 0 saturated carbocycles. The summed E-state index contributed by atoms with van der Waals surface area (Å²) in [5, 5.41) is 5.94. The molecule has 0 radical (unpaired) electrons. The largest absolute Gasteiger partial charge is 0.457 e. The van der Waals surface area contributed by atoms with Gasteiger partial charge in [-0.25, -0.2) is 0 Å². The van der Waals surface area contributed by atoms with Gasteiger partial charge < -0.3 is 20.1 Å². The molecule has 0 heterocycles. The van der Waals surface area contributed by atoms with Crippen molar-refractivity contribution < 1.29 is 23.9 Å². The molecule has 36 heavy (non-hydrogen) atoms. The van der Waals surface area contributed by atoms with Crippen LogP contribution in [0.15, 0.2) is 60.7 Å². The molecule has 0 saturated heterocycles. The Labute approximate surface area is 215 Å². The lowest BCUT2D eigenvalue weighted by Crippen LogP contribution is -2.21. The van der Waals surface area contributed by atoms with Crippen LogP contribution in [0.4, 0.5) is 11.4 Å². The average Bonchev–Trinajstić information content (AvgIpc) is 2.81. The summed E-state index contributed by atoms with van der Waals surface area (Å²) in [6, 6.07) is 18.2. The molecule has 0 aromatic heterocycles. The van der Waals surface area contributed by atoms with E-state index in [1.807, 2.05) is 32.9 Å². The smallest absolute Gasteiger partial charge is 0.306 e. The topological polar surface area (TPSA) is 93.7 Å². The number of hydrogen-bond donors (Lipinski definition) is 2. The number of benzene rings is 3. The van der Waals surface area contributed by atoms with E-state index in [1.54, 1.807) is 42.5 Å². The third kappa shape index (κ3) is 8.74. The zero-order chi connectivity index (χ0) is 26.1. The molecule has 3 rings (SSSR count). The molecule has 0 fully saturated rings. The molecule has 188 valence electrons. The maximum atomic E-state index is 12.2. The van der Waals surface area contributed by atoms with E-state index >= 15 is 0 Å². The lowest BCUT2D eigenvalue weighted by atomic mass is 10.1. The Morgan fingerprint density at radius 3 is 2.06 bits per heavy atom. The fourth-order valence-electron chi connectivity index (χ4n) is 3.44. The quantitative estimate of drug-likeness (QED) is 0.311. The minimum absolute atomic E-state index is 0.0275. The predicted octanol–water partition coefficient (Wildman–Crippen LogP) is 6.35. The first-order chi connectivity index (χ1) is 17.2. The second kappa shape index (κ2) is 12.7. The number of amides is 2. The molecular weight excluding hydrogens is 480 g/mol. The SMILES string of the molecule is Cc1cc(C)cc(Oc2ccc(NC(=O)CCCC(=O)OCC(=O)Nc3ccc(C)c(Cl)c3)cc2)c1. The summed E-state index contributed by atoms with van der Waals surface area (Å²) >= 11 is 6.03. The third-order valence-electron chi connectivity index (χ3n) is 5.17. The van der Waals surface area contributed by atoms with Gasteiger partial charge in [-0.2, -0.15) is 0 Å². The van der Waals surface area contributed by atoms with Gasteiger partial charge in [0.05, 0.1) is 0 Å². The summed E-state index contributed by atoms with van der Waals surface area (Å²) in [6.07, 6.45) is 0.470. The van der Waals surface area contributed by atoms with E-state index in [4.69, 9.17) is 21.1 Å². The number of carbonyl (C=O) groups excluding carboxylic acids is 3. The van der Waals surface area contributed by atoms with E-state index in [0.717, 1.165) is 22.4 Å². The van der Waals surface area contributed by atoms with Crippen molar-refractivity contribution in [1.82, 2.24) is 0 Å². The van der Waals surface area contributed by atoms with Crippen LogP contribution in [-0.4, -0.2) is 24.4 Å². The molecule has 0 aliphatic carbocycles. The predicted molar refractivity (Wildman–Crippen MR) is 141 cm³/mol. The van der Waals surface area contributed by atoms with E-state index < -0.39 is 18.5 Å². The molecule has 0 spiro atoms. The zero-order valence-electron chi connectivity index (χ0n) is 20.5. The number of rotatable bonds is 10. The van der Waals surface area contributed by atoms with Crippen LogP contribution in [-0.2, 0) is 19.1 Å². The second-order valence-electron chi connectivity index (χ2n) is 8.52. The summed E-state index contributed by atoms with van der Waals surface area (Å²) in [7, 11) is 0. The third-order valence-corrected chi connectivity index (χ3v) is 5.58. The van der Waals surface area contributed by atoms with Crippen molar-refractivity contribution in [3.63, 3.8) is 0 Å². The fourth-order valence-corrected chi connectivity index (χ4v) is 3.62. The highest BCUT2D eigenvalue weighted by Gasteiger charge is 2.10. The first-order valence-electron chi connectivity index (χ1n) is 11.6. The number of esters is 1. The van der Waals surface area contributed by atoms with Gasteiger partial charge in [0.15, 0.2) is 6.61 Å². The standard InChI is InChI=1S/C28H29ClN2O5/c1-18-13-19(2)15-24(14-18)36-23-11-9-21(10-12-23)30-26(32)5-4-6-28(34)35-17-27(33)31-22-8-7-20(3)25(29)16-22/h7-16H,4-6,17H2,1-3H3,(H,30,32)(H,31,33). The van der Waals surface area contributed by atoms with Gasteiger partial charge in [-0.3, -0.25) is 14.4 Å². The van der Waals surface area contributed by atoms with Gasteiger partial charge in [0.25, 0.3) is 5.91 Å². The molecule has 0 aliphatic rings. The van der Waals surface area contributed by atoms with Crippen molar-refractivity contribution in [2.24, 2.45) is 0 Å². The van der Waals surface area contributed by atoms with Crippen LogP contribution in [0.3, 0.4) is 0 Å². The highest BCUT2D eigenvalue weighted by Crippen LogP contribution is 2.25. The van der Waals surface area contributed by atoms with Gasteiger partial charge in [0.1, 0.15) is 11.5 Å². The molecule has 2 amide bonds. The summed E-state index contributed by atoms with van der Waals surface area (Å²) in [5.74, 6) is 0.182. The maximum absolute atomic E-state index is 12.2. The number of anilines is 2. The number of carbonyl (C=O) groups is 3. The minimum atomic E-state index is -0.548. The van der Waals surface area contributed by atoms with Gasteiger partial charge in [0.2, 0.25) is 5.91 Å². The van der Waals surface area contributed by atoms with Crippen LogP contribution >= 0.6 is 11.6 Å². The number of nitrogens with one attached hydrogen (secondary N) is 2. The van der Waals surface area contributed by atoms with E-state index in [1.165, 1.54) is 0 Å². The Bertz CT molecular complexity index is 1220. The Morgan fingerprint density at radius 2 is 1.39 bits per heavy atom. The van der Waals surface area contributed by atoms with Crippen LogP contribution in [0.2, 0.25) is 5.02 Å². The summed E-state index contributed by atoms with van der Waals surface area (Å²) in [5.41, 5.74) is 4.28. The normalized spacial score (nSPS) is 10.4. The Balaban J connectivity index is 1.34. The van der Waals surface area contributed by atoms with Crippen LogP contribution < -0.4 is 15.4 Å². The van der Waals surface area contributed by atoms with Crippen molar-refractivity contribution in [3.05, 3.63) is 82.4 Å². The Kier molecular flexibility index (Phi) is 9.47. The van der Waals surface area contributed by atoms with Crippen LogP contribution in [0.5, 0.6) is 11.5 Å². The van der Waals surface area contributed by atoms with Gasteiger partial charge >= 0.3 is 5.97 Å². The molecule has 2 N–H and O–H groups in total. The van der Waals surface area contributed by atoms with Crippen LogP contribution in [0, 0.1) is 20.8 Å². The van der Waals surface area contributed by atoms with Crippen molar-refractivity contribution in [2.75, 3.05) is 17.2 Å². The monoisotopic (exact) mass is 508 g/mol. The lowest BCUT2D eigenvalue weighted by molar-refractivity contribution is -0.147. The highest BCUT2D eigenvalue weighted by molar-refractivity contribution is 6.31. The molecule has 3 aromatic carbocycles. The van der Waals surface area contributed by atoms with Gasteiger partial charge in [0, 0.05) is 29.2 Å². The lowest BCUT2D eigenvalue weighted by Gasteiger charge is -2.10. The minimum Gasteiger partial charge on any atom is -0.457 e. The molecule has 8 heteroatoms. The van der Waals surface area contributed by atoms with Crippen molar-refractivity contribution >= 4 is 40.8 Å². The van der Waals surface area contributed by atoms with Crippen molar-refractivity contribution in [3.8, 4) is 11.5 Å². The second-order valence-corrected chi connectivity index (χ2v) is 8.93. The summed E-state index contributed by atoms with van der Waals surface area (Å²) in [6.45, 7) is 5.47. The molecule has 0 aliphatic heterocycles.